The third-order valence-electron chi connectivity index (χ3n) is 4.24. The van der Waals surface area contributed by atoms with Crippen molar-refractivity contribution in [2.24, 2.45) is 0 Å². The van der Waals surface area contributed by atoms with Gasteiger partial charge in [0.2, 0.25) is 5.91 Å². The molecule has 1 amide bonds. The van der Waals surface area contributed by atoms with Gasteiger partial charge >= 0.3 is 0 Å². The van der Waals surface area contributed by atoms with Crippen LogP contribution in [0.15, 0.2) is 18.2 Å². The SMILES string of the molecule is Cc1cc(C)cc(C(C)NCCC(=O)N2CCCCC2)c1. The number of amides is 1. The monoisotopic (exact) mass is 288 g/mol. The van der Waals surface area contributed by atoms with Crippen molar-refractivity contribution in [2.45, 2.75) is 52.5 Å². The van der Waals surface area contributed by atoms with Crippen molar-refractivity contribution in [2.75, 3.05) is 19.6 Å². The van der Waals surface area contributed by atoms with Gasteiger partial charge in [-0.25, -0.2) is 0 Å². The summed E-state index contributed by atoms with van der Waals surface area (Å²) in [7, 11) is 0. The van der Waals surface area contributed by atoms with E-state index in [2.05, 4.69) is 44.3 Å². The van der Waals surface area contributed by atoms with Crippen LogP contribution in [-0.2, 0) is 4.79 Å². The van der Waals surface area contributed by atoms with E-state index in [1.165, 1.54) is 23.1 Å². The molecule has 0 radical (unpaired) electrons. The van der Waals surface area contributed by atoms with Crippen LogP contribution < -0.4 is 5.32 Å². The summed E-state index contributed by atoms with van der Waals surface area (Å²) in [6.07, 6.45) is 4.21. The summed E-state index contributed by atoms with van der Waals surface area (Å²) in [5.74, 6) is 0.301. The van der Waals surface area contributed by atoms with E-state index in [9.17, 15) is 4.79 Å². The highest BCUT2D eigenvalue weighted by Gasteiger charge is 2.16. The first-order valence-electron chi connectivity index (χ1n) is 8.15. The molecule has 1 aromatic rings. The standard InChI is InChI=1S/C18H28N2O/c1-14-11-15(2)13-17(12-14)16(3)19-8-7-18(21)20-9-5-4-6-10-20/h11-13,16,19H,4-10H2,1-3H3. The normalized spacial score (nSPS) is 16.8. The number of rotatable bonds is 5. The minimum atomic E-state index is 0.290. The van der Waals surface area contributed by atoms with E-state index in [1.807, 2.05) is 4.90 Å². The lowest BCUT2D eigenvalue weighted by molar-refractivity contribution is -0.132. The summed E-state index contributed by atoms with van der Waals surface area (Å²) in [5.41, 5.74) is 3.89. The van der Waals surface area contributed by atoms with Gasteiger partial charge in [-0.15, -0.1) is 0 Å². The van der Waals surface area contributed by atoms with Crippen molar-refractivity contribution in [3.63, 3.8) is 0 Å². The van der Waals surface area contributed by atoms with Crippen molar-refractivity contribution in [3.05, 3.63) is 34.9 Å². The molecule has 116 valence electrons. The Hall–Kier alpha value is -1.35. The molecule has 1 fully saturated rings. The van der Waals surface area contributed by atoms with E-state index in [0.717, 1.165) is 32.5 Å². The fourth-order valence-electron chi connectivity index (χ4n) is 3.07. The highest BCUT2D eigenvalue weighted by Crippen LogP contribution is 2.16. The number of likely N-dealkylation sites (tertiary alicyclic amines) is 1. The third kappa shape index (κ3) is 4.85. The highest BCUT2D eigenvalue weighted by atomic mass is 16.2. The summed E-state index contributed by atoms with van der Waals surface area (Å²) in [4.78, 5) is 14.1. The maximum absolute atomic E-state index is 12.1. The lowest BCUT2D eigenvalue weighted by Gasteiger charge is -2.27. The van der Waals surface area contributed by atoms with Gasteiger partial charge in [0.15, 0.2) is 0 Å². The van der Waals surface area contributed by atoms with E-state index < -0.39 is 0 Å². The second kappa shape index (κ2) is 7.60. The molecule has 0 aromatic heterocycles. The molecule has 0 aliphatic carbocycles. The average molecular weight is 288 g/mol. The Labute approximate surface area is 128 Å². The molecule has 1 atom stereocenters. The summed E-state index contributed by atoms with van der Waals surface area (Å²) < 4.78 is 0. The lowest BCUT2D eigenvalue weighted by atomic mass is 10.0. The first-order valence-corrected chi connectivity index (χ1v) is 8.15. The van der Waals surface area contributed by atoms with Gasteiger partial charge in [0.25, 0.3) is 0 Å². The molecular weight excluding hydrogens is 260 g/mol. The zero-order valence-corrected chi connectivity index (χ0v) is 13.6. The summed E-state index contributed by atoms with van der Waals surface area (Å²) in [6, 6.07) is 6.92. The van der Waals surface area contributed by atoms with E-state index in [0.29, 0.717) is 12.3 Å². The third-order valence-corrected chi connectivity index (χ3v) is 4.24. The minimum Gasteiger partial charge on any atom is -0.343 e. The van der Waals surface area contributed by atoms with Gasteiger partial charge in [-0.05, 0) is 45.6 Å². The molecule has 1 heterocycles. The van der Waals surface area contributed by atoms with Crippen LogP contribution in [0.2, 0.25) is 0 Å². The number of hydrogen-bond acceptors (Lipinski definition) is 2. The number of carbonyl (C=O) groups is 1. The average Bonchev–Trinajstić information content (AvgIpc) is 2.47. The topological polar surface area (TPSA) is 32.3 Å². The number of carbonyl (C=O) groups excluding carboxylic acids is 1. The zero-order chi connectivity index (χ0) is 15.2. The van der Waals surface area contributed by atoms with Crippen LogP contribution >= 0.6 is 0 Å². The molecule has 2 rings (SSSR count). The second-order valence-corrected chi connectivity index (χ2v) is 6.29. The van der Waals surface area contributed by atoms with Crippen LogP contribution in [0.3, 0.4) is 0 Å². The molecule has 1 aromatic carbocycles. The molecule has 3 nitrogen and oxygen atoms in total. The minimum absolute atomic E-state index is 0.290. The molecule has 1 saturated heterocycles. The van der Waals surface area contributed by atoms with Crippen molar-refractivity contribution in [1.82, 2.24) is 10.2 Å². The van der Waals surface area contributed by atoms with Crippen LogP contribution in [0.25, 0.3) is 0 Å². The van der Waals surface area contributed by atoms with Gasteiger partial charge in [0.1, 0.15) is 0 Å². The maximum Gasteiger partial charge on any atom is 0.223 e. The van der Waals surface area contributed by atoms with Crippen LogP contribution in [-0.4, -0.2) is 30.4 Å². The van der Waals surface area contributed by atoms with Gasteiger partial charge in [-0.3, -0.25) is 4.79 Å². The van der Waals surface area contributed by atoms with E-state index in [-0.39, 0.29) is 6.04 Å². The Morgan fingerprint density at radius 1 is 1.14 bits per heavy atom. The Kier molecular flexibility index (Phi) is 5.80. The fourth-order valence-corrected chi connectivity index (χ4v) is 3.07. The van der Waals surface area contributed by atoms with Gasteiger partial charge in [0, 0.05) is 32.1 Å². The van der Waals surface area contributed by atoms with Gasteiger partial charge in [0.05, 0.1) is 0 Å². The second-order valence-electron chi connectivity index (χ2n) is 6.29. The largest absolute Gasteiger partial charge is 0.343 e. The maximum atomic E-state index is 12.1. The summed E-state index contributed by atoms with van der Waals surface area (Å²) in [6.45, 7) is 9.08. The quantitative estimate of drug-likeness (QED) is 0.901. The lowest BCUT2D eigenvalue weighted by Crippen LogP contribution is -2.37. The van der Waals surface area contributed by atoms with Crippen LogP contribution in [0.1, 0.15) is 55.3 Å². The smallest absolute Gasteiger partial charge is 0.223 e. The van der Waals surface area contributed by atoms with Gasteiger partial charge in [-0.2, -0.15) is 0 Å². The Balaban J connectivity index is 1.78. The number of hydrogen-bond donors (Lipinski definition) is 1. The van der Waals surface area contributed by atoms with Gasteiger partial charge in [-0.1, -0.05) is 29.3 Å². The number of nitrogens with one attached hydrogen (secondary N) is 1. The highest BCUT2D eigenvalue weighted by molar-refractivity contribution is 5.76. The summed E-state index contributed by atoms with van der Waals surface area (Å²) in [5, 5.41) is 3.48. The first kappa shape index (κ1) is 16.0. The van der Waals surface area contributed by atoms with Crippen molar-refractivity contribution in [1.29, 1.82) is 0 Å². The van der Waals surface area contributed by atoms with E-state index in [4.69, 9.17) is 0 Å². The molecule has 0 saturated carbocycles. The molecule has 0 spiro atoms. The molecular formula is C18H28N2O. The molecule has 1 aliphatic rings. The molecule has 1 aliphatic heterocycles. The molecule has 0 bridgehead atoms. The van der Waals surface area contributed by atoms with Gasteiger partial charge < -0.3 is 10.2 Å². The van der Waals surface area contributed by atoms with E-state index >= 15 is 0 Å². The Morgan fingerprint density at radius 2 is 1.76 bits per heavy atom. The van der Waals surface area contributed by atoms with Crippen LogP contribution in [0, 0.1) is 13.8 Å². The number of piperidine rings is 1. The Bertz CT molecular complexity index is 458. The van der Waals surface area contributed by atoms with E-state index in [1.54, 1.807) is 0 Å². The summed E-state index contributed by atoms with van der Waals surface area (Å²) >= 11 is 0. The van der Waals surface area contributed by atoms with Crippen molar-refractivity contribution < 1.29 is 4.79 Å². The van der Waals surface area contributed by atoms with Crippen molar-refractivity contribution >= 4 is 5.91 Å². The predicted octanol–water partition coefficient (Wildman–Crippen LogP) is 3.36. The van der Waals surface area contributed by atoms with Crippen LogP contribution in [0.4, 0.5) is 0 Å². The molecule has 1 unspecified atom stereocenters. The number of benzene rings is 1. The van der Waals surface area contributed by atoms with Crippen molar-refractivity contribution in [3.8, 4) is 0 Å². The first-order chi connectivity index (χ1) is 10.1. The molecule has 1 N–H and O–H groups in total. The predicted molar refractivity (Wildman–Crippen MR) is 87.4 cm³/mol. The van der Waals surface area contributed by atoms with Crippen LogP contribution in [0.5, 0.6) is 0 Å². The zero-order valence-electron chi connectivity index (χ0n) is 13.6. The molecule has 21 heavy (non-hydrogen) atoms. The Morgan fingerprint density at radius 3 is 2.38 bits per heavy atom. The number of nitrogens with zero attached hydrogens (tertiary/aromatic N) is 1. The fraction of sp³-hybridized carbons (Fsp3) is 0.611. The molecule has 3 heteroatoms. The number of aryl methyl sites for hydroxylation is 2.